The standard InChI is InChI=1S/C23H22ClNO4/c24-17-7-4-8-18(12-17)25-19(26)13-29-23(28)21-16-10-9-15(11-16)20(21)22(27)14-5-2-1-3-6-14/h1-8,12,15-16,20-21H,9-11,13H2,(H,25,26)/t15-,16-,20-,21+/m0/s1. The Morgan fingerprint density at radius 1 is 0.966 bits per heavy atom. The van der Waals surface area contributed by atoms with E-state index in [0.29, 0.717) is 16.3 Å². The van der Waals surface area contributed by atoms with Crippen molar-refractivity contribution in [3.8, 4) is 0 Å². The molecule has 0 saturated heterocycles. The van der Waals surface area contributed by atoms with Crippen LogP contribution in [0, 0.1) is 23.7 Å². The first-order valence-electron chi connectivity index (χ1n) is 9.84. The number of fused-ring (bicyclic) bond motifs is 2. The van der Waals surface area contributed by atoms with Crippen LogP contribution in [0.3, 0.4) is 0 Å². The molecule has 2 fully saturated rings. The molecule has 2 bridgehead atoms. The van der Waals surface area contributed by atoms with Crippen LogP contribution >= 0.6 is 11.6 Å². The molecule has 1 amide bonds. The lowest BCUT2D eigenvalue weighted by molar-refractivity contribution is -0.154. The molecule has 29 heavy (non-hydrogen) atoms. The zero-order chi connectivity index (χ0) is 20.4. The summed E-state index contributed by atoms with van der Waals surface area (Å²) in [5.74, 6) is -1.35. The monoisotopic (exact) mass is 411 g/mol. The number of ether oxygens (including phenoxy) is 1. The van der Waals surface area contributed by atoms with Crippen LogP contribution in [0.5, 0.6) is 0 Å². The van der Waals surface area contributed by atoms with Crippen LogP contribution < -0.4 is 5.32 Å². The van der Waals surface area contributed by atoms with Gasteiger partial charge in [0.25, 0.3) is 5.91 Å². The molecule has 0 unspecified atom stereocenters. The van der Waals surface area contributed by atoms with Gasteiger partial charge in [-0.15, -0.1) is 0 Å². The van der Waals surface area contributed by atoms with Crippen molar-refractivity contribution >= 4 is 34.9 Å². The zero-order valence-corrected chi connectivity index (χ0v) is 16.6. The summed E-state index contributed by atoms with van der Waals surface area (Å²) in [6.45, 7) is -0.383. The van der Waals surface area contributed by atoms with Crippen LogP contribution in [-0.2, 0) is 14.3 Å². The molecule has 4 rings (SSSR count). The molecule has 2 aromatic rings. The van der Waals surface area contributed by atoms with Crippen molar-refractivity contribution in [3.63, 3.8) is 0 Å². The summed E-state index contributed by atoms with van der Waals surface area (Å²) in [4.78, 5) is 38.0. The second kappa shape index (κ2) is 8.37. The third-order valence-electron chi connectivity index (χ3n) is 6.00. The van der Waals surface area contributed by atoms with Crippen LogP contribution in [-0.4, -0.2) is 24.3 Å². The Balaban J connectivity index is 1.40. The van der Waals surface area contributed by atoms with Crippen molar-refractivity contribution in [1.82, 2.24) is 0 Å². The quantitative estimate of drug-likeness (QED) is 0.566. The maximum absolute atomic E-state index is 13.1. The second-order valence-corrected chi connectivity index (χ2v) is 8.22. The minimum atomic E-state index is -0.472. The van der Waals surface area contributed by atoms with E-state index in [9.17, 15) is 14.4 Å². The molecule has 2 aliphatic carbocycles. The Bertz CT molecular complexity index is 929. The first-order chi connectivity index (χ1) is 14.0. The van der Waals surface area contributed by atoms with Gasteiger partial charge in [-0.3, -0.25) is 14.4 Å². The number of ketones is 1. The number of anilines is 1. The molecule has 4 atom stereocenters. The van der Waals surface area contributed by atoms with Gasteiger partial charge in [0, 0.05) is 22.2 Å². The summed E-state index contributed by atoms with van der Waals surface area (Å²) in [7, 11) is 0. The average Bonchev–Trinajstić information content (AvgIpc) is 3.34. The summed E-state index contributed by atoms with van der Waals surface area (Å²) in [6.07, 6.45) is 2.77. The predicted octanol–water partition coefficient (Wildman–Crippen LogP) is 4.37. The van der Waals surface area contributed by atoms with Gasteiger partial charge in [-0.25, -0.2) is 0 Å². The lowest BCUT2D eigenvalue weighted by Crippen LogP contribution is -2.37. The lowest BCUT2D eigenvalue weighted by atomic mass is 9.75. The SMILES string of the molecule is O=C(COC(=O)[C@@H]1[C@H]2CC[C@@H](C2)[C@@H]1C(=O)c1ccccc1)Nc1cccc(Cl)c1. The molecule has 0 aromatic heterocycles. The highest BCUT2D eigenvalue weighted by Crippen LogP contribution is 2.53. The van der Waals surface area contributed by atoms with Gasteiger partial charge in [-0.1, -0.05) is 48.0 Å². The number of halogens is 1. The van der Waals surface area contributed by atoms with Gasteiger partial charge in [-0.2, -0.15) is 0 Å². The minimum Gasteiger partial charge on any atom is -0.455 e. The third-order valence-corrected chi connectivity index (χ3v) is 6.24. The van der Waals surface area contributed by atoms with E-state index in [1.165, 1.54) is 0 Å². The van der Waals surface area contributed by atoms with E-state index in [1.54, 1.807) is 36.4 Å². The topological polar surface area (TPSA) is 72.5 Å². The molecule has 1 N–H and O–H groups in total. The minimum absolute atomic E-state index is 0.00290. The van der Waals surface area contributed by atoms with E-state index in [0.717, 1.165) is 19.3 Å². The molecule has 2 aromatic carbocycles. The maximum atomic E-state index is 13.1. The van der Waals surface area contributed by atoms with Crippen LogP contribution in [0.4, 0.5) is 5.69 Å². The number of hydrogen-bond acceptors (Lipinski definition) is 4. The molecule has 0 radical (unpaired) electrons. The molecule has 6 heteroatoms. The van der Waals surface area contributed by atoms with E-state index in [1.807, 2.05) is 18.2 Å². The van der Waals surface area contributed by atoms with Crippen molar-refractivity contribution in [2.75, 3.05) is 11.9 Å². The summed E-state index contributed by atoms with van der Waals surface area (Å²) < 4.78 is 5.32. The largest absolute Gasteiger partial charge is 0.455 e. The summed E-state index contributed by atoms with van der Waals surface area (Å²) in [5.41, 5.74) is 1.16. The number of carbonyl (C=O) groups is 3. The number of esters is 1. The van der Waals surface area contributed by atoms with Crippen molar-refractivity contribution in [2.45, 2.75) is 19.3 Å². The smallest absolute Gasteiger partial charge is 0.310 e. The molecule has 0 heterocycles. The molecule has 2 aliphatic rings. The molecule has 0 spiro atoms. The fourth-order valence-electron chi connectivity index (χ4n) is 4.80. The van der Waals surface area contributed by atoms with Gasteiger partial charge in [0.2, 0.25) is 0 Å². The maximum Gasteiger partial charge on any atom is 0.310 e. The van der Waals surface area contributed by atoms with Crippen molar-refractivity contribution in [3.05, 3.63) is 65.2 Å². The van der Waals surface area contributed by atoms with Gasteiger partial charge in [-0.05, 0) is 49.3 Å². The molecular formula is C23H22ClNO4. The van der Waals surface area contributed by atoms with E-state index >= 15 is 0 Å². The van der Waals surface area contributed by atoms with E-state index in [4.69, 9.17) is 16.3 Å². The van der Waals surface area contributed by atoms with Crippen molar-refractivity contribution in [2.24, 2.45) is 23.7 Å². The predicted molar refractivity (Wildman–Crippen MR) is 110 cm³/mol. The first-order valence-corrected chi connectivity index (χ1v) is 10.2. The molecule has 2 saturated carbocycles. The second-order valence-electron chi connectivity index (χ2n) is 7.78. The summed E-state index contributed by atoms with van der Waals surface area (Å²) in [5, 5.41) is 3.16. The highest BCUT2D eigenvalue weighted by molar-refractivity contribution is 6.30. The number of carbonyl (C=O) groups excluding carboxylic acids is 3. The summed E-state index contributed by atoms with van der Waals surface area (Å²) in [6, 6.07) is 15.8. The number of amides is 1. The van der Waals surface area contributed by atoms with E-state index in [2.05, 4.69) is 5.32 Å². The number of rotatable bonds is 6. The van der Waals surface area contributed by atoms with Crippen LogP contribution in [0.25, 0.3) is 0 Å². The number of hydrogen-bond donors (Lipinski definition) is 1. The molecule has 5 nitrogen and oxygen atoms in total. The normalized spacial score (nSPS) is 24.9. The Kier molecular flexibility index (Phi) is 5.67. The van der Waals surface area contributed by atoms with Crippen LogP contribution in [0.1, 0.15) is 29.6 Å². The molecule has 0 aliphatic heterocycles. The number of nitrogens with one attached hydrogen (secondary N) is 1. The highest BCUT2D eigenvalue weighted by Gasteiger charge is 2.54. The third kappa shape index (κ3) is 4.20. The Morgan fingerprint density at radius 3 is 2.41 bits per heavy atom. The number of Topliss-reactive ketones (excluding diaryl/α,β-unsaturated/α-hetero) is 1. The van der Waals surface area contributed by atoms with Crippen LogP contribution in [0.15, 0.2) is 54.6 Å². The van der Waals surface area contributed by atoms with Gasteiger partial charge in [0.05, 0.1) is 5.92 Å². The summed E-state index contributed by atoms with van der Waals surface area (Å²) >= 11 is 5.91. The average molecular weight is 412 g/mol. The Morgan fingerprint density at radius 2 is 1.69 bits per heavy atom. The van der Waals surface area contributed by atoms with Gasteiger partial charge in [0.15, 0.2) is 12.4 Å². The number of benzene rings is 2. The van der Waals surface area contributed by atoms with Gasteiger partial charge in [0.1, 0.15) is 0 Å². The fourth-order valence-corrected chi connectivity index (χ4v) is 4.99. The Hall–Kier alpha value is -2.66. The van der Waals surface area contributed by atoms with Crippen LogP contribution in [0.2, 0.25) is 5.02 Å². The van der Waals surface area contributed by atoms with Crippen molar-refractivity contribution < 1.29 is 19.1 Å². The zero-order valence-electron chi connectivity index (χ0n) is 15.8. The van der Waals surface area contributed by atoms with E-state index < -0.39 is 17.8 Å². The van der Waals surface area contributed by atoms with Crippen molar-refractivity contribution in [1.29, 1.82) is 0 Å². The Labute approximate surface area is 174 Å². The fraction of sp³-hybridized carbons (Fsp3) is 0.348. The molecular weight excluding hydrogens is 390 g/mol. The van der Waals surface area contributed by atoms with Gasteiger partial charge >= 0.3 is 5.97 Å². The van der Waals surface area contributed by atoms with Gasteiger partial charge < -0.3 is 10.1 Å². The van der Waals surface area contributed by atoms with E-state index in [-0.39, 0.29) is 30.1 Å². The highest BCUT2D eigenvalue weighted by atomic mass is 35.5. The first kappa shape index (κ1) is 19.6. The lowest BCUT2D eigenvalue weighted by Gasteiger charge is -2.28. The molecule has 150 valence electrons.